The predicted octanol–water partition coefficient (Wildman–Crippen LogP) is 6.08. The van der Waals surface area contributed by atoms with Crippen LogP contribution in [0.25, 0.3) is 11.1 Å². The largest absolute Gasteiger partial charge is 0.471 e. The SMILES string of the molecule is O=C(NC1CCCCC1O)c1cc(-c2ccc(Cl)c(Cl)c2)c(OCc2ccccn2)nc1C(F)(F)F. The number of carbonyl (C=O) groups excluding carboxylic acids is 1. The second kappa shape index (κ2) is 11.0. The van der Waals surface area contributed by atoms with Crippen molar-refractivity contribution in [1.82, 2.24) is 15.3 Å². The van der Waals surface area contributed by atoms with Gasteiger partial charge in [0.1, 0.15) is 6.61 Å². The van der Waals surface area contributed by atoms with E-state index in [-0.39, 0.29) is 28.1 Å². The Hall–Kier alpha value is -2.88. The summed E-state index contributed by atoms with van der Waals surface area (Å²) in [5.41, 5.74) is -1.14. The zero-order chi connectivity index (χ0) is 25.9. The molecule has 36 heavy (non-hydrogen) atoms. The third-order valence-corrected chi connectivity index (χ3v) is 6.60. The smallest absolute Gasteiger partial charge is 0.434 e. The van der Waals surface area contributed by atoms with E-state index < -0.39 is 35.5 Å². The van der Waals surface area contributed by atoms with Crippen molar-refractivity contribution in [1.29, 1.82) is 0 Å². The van der Waals surface area contributed by atoms with Crippen LogP contribution in [-0.4, -0.2) is 33.1 Å². The molecule has 2 unspecified atom stereocenters. The van der Waals surface area contributed by atoms with Crippen LogP contribution in [0.5, 0.6) is 5.88 Å². The van der Waals surface area contributed by atoms with Gasteiger partial charge in [-0.2, -0.15) is 13.2 Å². The van der Waals surface area contributed by atoms with Gasteiger partial charge in [-0.1, -0.05) is 48.2 Å². The molecule has 2 atom stereocenters. The van der Waals surface area contributed by atoms with E-state index in [1.807, 2.05) is 0 Å². The number of aliphatic hydroxyl groups excluding tert-OH is 1. The fraction of sp³-hybridized carbons (Fsp3) is 0.320. The third-order valence-electron chi connectivity index (χ3n) is 5.86. The molecule has 1 amide bonds. The molecule has 2 heterocycles. The Morgan fingerprint density at radius 2 is 1.89 bits per heavy atom. The van der Waals surface area contributed by atoms with E-state index in [4.69, 9.17) is 27.9 Å². The zero-order valence-electron chi connectivity index (χ0n) is 18.9. The van der Waals surface area contributed by atoms with Gasteiger partial charge in [-0.3, -0.25) is 9.78 Å². The van der Waals surface area contributed by atoms with Crippen molar-refractivity contribution in [3.05, 3.63) is 75.7 Å². The number of hydrogen-bond donors (Lipinski definition) is 2. The van der Waals surface area contributed by atoms with Crippen molar-refractivity contribution in [2.45, 2.75) is 50.6 Å². The number of nitrogens with zero attached hydrogens (tertiary/aromatic N) is 2. The summed E-state index contributed by atoms with van der Waals surface area (Å²) in [6.45, 7) is -0.154. The van der Waals surface area contributed by atoms with E-state index >= 15 is 0 Å². The fourth-order valence-corrected chi connectivity index (χ4v) is 4.32. The molecule has 2 N–H and O–H groups in total. The van der Waals surface area contributed by atoms with Crippen LogP contribution in [0.1, 0.15) is 47.4 Å². The number of ether oxygens (including phenoxy) is 1. The number of amides is 1. The van der Waals surface area contributed by atoms with E-state index in [2.05, 4.69) is 15.3 Å². The topological polar surface area (TPSA) is 84.3 Å². The Labute approximate surface area is 215 Å². The molecule has 0 aliphatic heterocycles. The zero-order valence-corrected chi connectivity index (χ0v) is 20.4. The third kappa shape index (κ3) is 6.08. The maximum absolute atomic E-state index is 14.1. The molecule has 6 nitrogen and oxygen atoms in total. The molecule has 3 aromatic rings. The van der Waals surface area contributed by atoms with Crippen LogP contribution < -0.4 is 10.1 Å². The van der Waals surface area contributed by atoms with Crippen molar-refractivity contribution < 1.29 is 27.8 Å². The van der Waals surface area contributed by atoms with Gasteiger partial charge >= 0.3 is 6.18 Å². The molecule has 1 fully saturated rings. The number of carbonyl (C=O) groups is 1. The Balaban J connectivity index is 1.79. The molecule has 1 saturated carbocycles. The van der Waals surface area contributed by atoms with Crippen molar-refractivity contribution in [2.24, 2.45) is 0 Å². The van der Waals surface area contributed by atoms with Crippen LogP contribution in [0.15, 0.2) is 48.7 Å². The molecule has 1 aliphatic rings. The Kier molecular flexibility index (Phi) is 8.02. The summed E-state index contributed by atoms with van der Waals surface area (Å²) in [4.78, 5) is 20.9. The maximum atomic E-state index is 14.1. The van der Waals surface area contributed by atoms with Crippen LogP contribution in [0.3, 0.4) is 0 Å². The van der Waals surface area contributed by atoms with Gasteiger partial charge in [0.15, 0.2) is 5.69 Å². The average molecular weight is 540 g/mol. The summed E-state index contributed by atoms with van der Waals surface area (Å²) < 4.78 is 47.8. The highest BCUT2D eigenvalue weighted by Crippen LogP contribution is 2.39. The molecule has 0 bridgehead atoms. The van der Waals surface area contributed by atoms with Crippen molar-refractivity contribution >= 4 is 29.1 Å². The summed E-state index contributed by atoms with van der Waals surface area (Å²) in [6, 6.07) is 9.97. The van der Waals surface area contributed by atoms with E-state index in [1.54, 1.807) is 24.3 Å². The predicted molar refractivity (Wildman–Crippen MR) is 129 cm³/mol. The van der Waals surface area contributed by atoms with Gasteiger partial charge in [0.25, 0.3) is 5.91 Å². The van der Waals surface area contributed by atoms with Crippen LogP contribution in [0, 0.1) is 0 Å². The van der Waals surface area contributed by atoms with Gasteiger partial charge in [0.2, 0.25) is 5.88 Å². The number of aromatic nitrogens is 2. The molecule has 190 valence electrons. The lowest BCUT2D eigenvalue weighted by Crippen LogP contribution is -2.45. The first kappa shape index (κ1) is 26.2. The minimum atomic E-state index is -4.95. The van der Waals surface area contributed by atoms with Gasteiger partial charge in [-0.25, -0.2) is 4.98 Å². The number of alkyl halides is 3. The molecule has 11 heteroatoms. The number of halogens is 5. The second-order valence-electron chi connectivity index (χ2n) is 8.41. The average Bonchev–Trinajstić information content (AvgIpc) is 2.85. The first-order chi connectivity index (χ1) is 17.1. The second-order valence-corrected chi connectivity index (χ2v) is 9.22. The van der Waals surface area contributed by atoms with Gasteiger partial charge in [0, 0.05) is 11.8 Å². The number of nitrogens with one attached hydrogen (secondary N) is 1. The van der Waals surface area contributed by atoms with Crippen molar-refractivity contribution in [3.63, 3.8) is 0 Å². The van der Waals surface area contributed by atoms with Gasteiger partial charge in [-0.15, -0.1) is 0 Å². The van der Waals surface area contributed by atoms with Crippen LogP contribution in [0.4, 0.5) is 13.2 Å². The van der Waals surface area contributed by atoms with Crippen molar-refractivity contribution in [2.75, 3.05) is 0 Å². The lowest BCUT2D eigenvalue weighted by atomic mass is 9.92. The highest BCUT2D eigenvalue weighted by molar-refractivity contribution is 6.42. The highest BCUT2D eigenvalue weighted by Gasteiger charge is 2.39. The molecule has 2 aromatic heterocycles. The maximum Gasteiger partial charge on any atom is 0.434 e. The number of hydrogen-bond acceptors (Lipinski definition) is 5. The van der Waals surface area contributed by atoms with Crippen molar-refractivity contribution in [3.8, 4) is 17.0 Å². The first-order valence-electron chi connectivity index (χ1n) is 11.2. The van der Waals surface area contributed by atoms with Gasteiger partial charge in [-0.05, 0) is 48.7 Å². The van der Waals surface area contributed by atoms with Crippen LogP contribution in [0.2, 0.25) is 10.0 Å². The lowest BCUT2D eigenvalue weighted by Gasteiger charge is -2.28. The molecule has 0 saturated heterocycles. The van der Waals surface area contributed by atoms with E-state index in [9.17, 15) is 23.1 Å². The van der Waals surface area contributed by atoms with E-state index in [1.165, 1.54) is 18.3 Å². The summed E-state index contributed by atoms with van der Waals surface area (Å²) in [7, 11) is 0. The monoisotopic (exact) mass is 539 g/mol. The van der Waals surface area contributed by atoms with Gasteiger partial charge in [0.05, 0.1) is 33.4 Å². The summed E-state index contributed by atoms with van der Waals surface area (Å²) in [5.74, 6) is -1.33. The Morgan fingerprint density at radius 1 is 1.11 bits per heavy atom. The minimum absolute atomic E-state index is 0.117. The number of pyridine rings is 2. The van der Waals surface area contributed by atoms with Crippen LogP contribution >= 0.6 is 23.2 Å². The quantitative estimate of drug-likeness (QED) is 0.396. The van der Waals surface area contributed by atoms with Gasteiger partial charge < -0.3 is 15.2 Å². The summed E-state index contributed by atoms with van der Waals surface area (Å²) in [6.07, 6.45) is -1.79. The van der Waals surface area contributed by atoms with E-state index in [0.29, 0.717) is 24.1 Å². The Morgan fingerprint density at radius 3 is 2.56 bits per heavy atom. The number of aliphatic hydroxyl groups is 1. The molecular weight excluding hydrogens is 518 g/mol. The normalized spacial score (nSPS) is 18.1. The first-order valence-corrected chi connectivity index (χ1v) is 12.0. The molecule has 1 aromatic carbocycles. The molecule has 0 radical (unpaired) electrons. The fourth-order valence-electron chi connectivity index (χ4n) is 4.02. The molecule has 4 rings (SSSR count). The molecule has 1 aliphatic carbocycles. The standard InChI is InChI=1S/C25H22Cl2F3N3O3/c26-18-9-8-14(11-19(18)27)16-12-17(23(35)32-20-6-1-2-7-21(20)34)22(25(28,29)30)33-24(16)36-13-15-5-3-4-10-31-15/h3-5,8-12,20-21,34H,1-2,6-7,13H2,(H,32,35). The molecular formula is C25H22Cl2F3N3O3. The minimum Gasteiger partial charge on any atom is -0.471 e. The number of rotatable bonds is 6. The lowest BCUT2D eigenvalue weighted by molar-refractivity contribution is -0.141. The number of benzene rings is 1. The molecule has 0 spiro atoms. The highest BCUT2D eigenvalue weighted by atomic mass is 35.5. The Bertz CT molecular complexity index is 1240. The summed E-state index contributed by atoms with van der Waals surface area (Å²) >= 11 is 12.2. The van der Waals surface area contributed by atoms with E-state index in [0.717, 1.165) is 18.9 Å². The van der Waals surface area contributed by atoms with Crippen LogP contribution in [-0.2, 0) is 12.8 Å². The summed E-state index contributed by atoms with van der Waals surface area (Å²) in [5, 5.41) is 13.2.